The van der Waals surface area contributed by atoms with Gasteiger partial charge in [-0.3, -0.25) is 4.79 Å². The third kappa shape index (κ3) is 3.11. The van der Waals surface area contributed by atoms with Crippen molar-refractivity contribution in [3.63, 3.8) is 0 Å². The molecule has 2 aromatic heterocycles. The number of aromatic nitrogens is 3. The van der Waals surface area contributed by atoms with Gasteiger partial charge in [-0.1, -0.05) is 5.16 Å². The summed E-state index contributed by atoms with van der Waals surface area (Å²) in [4.78, 5) is 19.9. The van der Waals surface area contributed by atoms with E-state index >= 15 is 0 Å². The third-order valence-electron chi connectivity index (χ3n) is 2.11. The van der Waals surface area contributed by atoms with Crippen molar-refractivity contribution in [3.05, 3.63) is 27.8 Å². The number of carbonyl (C=O) groups is 1. The van der Waals surface area contributed by atoms with Crippen molar-refractivity contribution in [2.45, 2.75) is 19.9 Å². The van der Waals surface area contributed by atoms with E-state index in [1.165, 1.54) is 11.3 Å². The number of hydrogen-bond acceptors (Lipinski definition) is 7. The van der Waals surface area contributed by atoms with Crippen LogP contribution in [0.4, 0.5) is 0 Å². The van der Waals surface area contributed by atoms with Crippen molar-refractivity contribution in [2.24, 2.45) is 5.73 Å². The van der Waals surface area contributed by atoms with Gasteiger partial charge in [-0.25, -0.2) is 4.98 Å². The summed E-state index contributed by atoms with van der Waals surface area (Å²) in [5.41, 5.74) is 5.81. The Labute approximate surface area is 107 Å². The van der Waals surface area contributed by atoms with Crippen molar-refractivity contribution >= 4 is 17.2 Å². The first-order valence-electron chi connectivity index (χ1n) is 5.41. The third-order valence-corrected chi connectivity index (χ3v) is 3.02. The molecule has 0 radical (unpaired) electrons. The van der Waals surface area contributed by atoms with Gasteiger partial charge in [0.25, 0.3) is 5.91 Å². The Balaban J connectivity index is 1.90. The smallest absolute Gasteiger partial charge is 0.271 e. The number of hydrogen-bond donors (Lipinski definition) is 2. The Bertz CT molecular complexity index is 536. The second kappa shape index (κ2) is 5.69. The zero-order valence-corrected chi connectivity index (χ0v) is 10.7. The molecule has 18 heavy (non-hydrogen) atoms. The summed E-state index contributed by atoms with van der Waals surface area (Å²) in [5, 5.41) is 8.86. The van der Waals surface area contributed by atoms with E-state index < -0.39 is 0 Å². The van der Waals surface area contributed by atoms with Crippen LogP contribution in [0.15, 0.2) is 9.90 Å². The predicted octanol–water partition coefficient (Wildman–Crippen LogP) is 0.266. The number of amides is 1. The molecule has 0 saturated heterocycles. The fourth-order valence-corrected chi connectivity index (χ4v) is 2.11. The standard InChI is InChI=1S/C10H13N5O2S/c1-6-13-8(17-15-6)4-12-10(16)7-5-18-9(14-7)2-3-11/h5H,2-4,11H2,1H3,(H,12,16). The molecule has 2 rings (SSSR count). The minimum atomic E-state index is -0.259. The normalized spacial score (nSPS) is 10.6. The van der Waals surface area contributed by atoms with Crippen molar-refractivity contribution < 1.29 is 9.32 Å². The average Bonchev–Trinajstić information content (AvgIpc) is 2.96. The van der Waals surface area contributed by atoms with Crippen LogP contribution < -0.4 is 11.1 Å². The molecule has 0 saturated carbocycles. The van der Waals surface area contributed by atoms with E-state index in [4.69, 9.17) is 10.3 Å². The molecule has 0 aromatic carbocycles. The lowest BCUT2D eigenvalue weighted by Crippen LogP contribution is -2.23. The van der Waals surface area contributed by atoms with E-state index in [0.717, 1.165) is 5.01 Å². The van der Waals surface area contributed by atoms with Gasteiger partial charge in [-0.05, 0) is 13.5 Å². The van der Waals surface area contributed by atoms with Gasteiger partial charge in [0.05, 0.1) is 11.6 Å². The van der Waals surface area contributed by atoms with Gasteiger partial charge in [0.2, 0.25) is 5.89 Å². The Morgan fingerprint density at radius 3 is 3.06 bits per heavy atom. The first-order chi connectivity index (χ1) is 8.69. The molecule has 0 unspecified atom stereocenters. The highest BCUT2D eigenvalue weighted by atomic mass is 32.1. The van der Waals surface area contributed by atoms with Crippen LogP contribution in [0.5, 0.6) is 0 Å². The van der Waals surface area contributed by atoms with Crippen LogP contribution in [0.3, 0.4) is 0 Å². The second-order valence-corrected chi connectivity index (χ2v) is 4.53. The summed E-state index contributed by atoms with van der Waals surface area (Å²) >= 11 is 1.42. The highest BCUT2D eigenvalue weighted by Crippen LogP contribution is 2.10. The SMILES string of the molecule is Cc1noc(CNC(=O)c2csc(CCN)n2)n1. The highest BCUT2D eigenvalue weighted by Gasteiger charge is 2.11. The van der Waals surface area contributed by atoms with Crippen LogP contribution in [0.25, 0.3) is 0 Å². The van der Waals surface area contributed by atoms with E-state index in [0.29, 0.717) is 30.4 Å². The molecule has 1 amide bonds. The molecular weight excluding hydrogens is 254 g/mol. The van der Waals surface area contributed by atoms with Crippen LogP contribution in [0, 0.1) is 6.92 Å². The van der Waals surface area contributed by atoms with Crippen molar-refractivity contribution in [1.29, 1.82) is 0 Å². The van der Waals surface area contributed by atoms with Crippen molar-refractivity contribution in [3.8, 4) is 0 Å². The zero-order valence-electron chi connectivity index (χ0n) is 9.84. The summed E-state index contributed by atoms with van der Waals surface area (Å²) in [7, 11) is 0. The predicted molar refractivity (Wildman–Crippen MR) is 65.1 cm³/mol. The summed E-state index contributed by atoms with van der Waals surface area (Å²) < 4.78 is 4.88. The summed E-state index contributed by atoms with van der Waals surface area (Å²) in [5.74, 6) is 0.654. The van der Waals surface area contributed by atoms with Crippen LogP contribution in [0.2, 0.25) is 0 Å². The first kappa shape index (κ1) is 12.7. The van der Waals surface area contributed by atoms with Crippen LogP contribution in [-0.4, -0.2) is 27.6 Å². The molecule has 96 valence electrons. The molecule has 2 aromatic rings. The first-order valence-corrected chi connectivity index (χ1v) is 6.29. The largest absolute Gasteiger partial charge is 0.342 e. The van der Waals surface area contributed by atoms with Crippen molar-refractivity contribution in [1.82, 2.24) is 20.4 Å². The molecule has 2 heterocycles. The summed E-state index contributed by atoms with van der Waals surface area (Å²) in [6, 6.07) is 0. The molecule has 8 heteroatoms. The number of thiazole rings is 1. The molecule has 0 fully saturated rings. The van der Waals surface area contributed by atoms with E-state index in [-0.39, 0.29) is 12.5 Å². The van der Waals surface area contributed by atoms with E-state index in [2.05, 4.69) is 20.4 Å². The molecule has 0 spiro atoms. The molecule has 0 bridgehead atoms. The molecule has 3 N–H and O–H groups in total. The molecular formula is C10H13N5O2S. The summed E-state index contributed by atoms with van der Waals surface area (Å²) in [6.07, 6.45) is 0.681. The van der Waals surface area contributed by atoms with E-state index in [1.54, 1.807) is 12.3 Å². The number of carbonyl (C=O) groups excluding carboxylic acids is 1. The zero-order chi connectivity index (χ0) is 13.0. The highest BCUT2D eigenvalue weighted by molar-refractivity contribution is 7.09. The monoisotopic (exact) mass is 267 g/mol. The lowest BCUT2D eigenvalue weighted by Gasteiger charge is -1.98. The minimum absolute atomic E-state index is 0.198. The average molecular weight is 267 g/mol. The number of nitrogens with one attached hydrogen (secondary N) is 1. The van der Waals surface area contributed by atoms with E-state index in [9.17, 15) is 4.79 Å². The molecule has 0 aliphatic heterocycles. The number of nitrogens with zero attached hydrogens (tertiary/aromatic N) is 3. The Morgan fingerprint density at radius 1 is 1.56 bits per heavy atom. The maximum Gasteiger partial charge on any atom is 0.271 e. The number of aryl methyl sites for hydroxylation is 1. The summed E-state index contributed by atoms with van der Waals surface area (Å²) in [6.45, 7) is 2.44. The second-order valence-electron chi connectivity index (χ2n) is 3.58. The van der Waals surface area contributed by atoms with Gasteiger partial charge in [0, 0.05) is 11.8 Å². The number of rotatable bonds is 5. The Hall–Kier alpha value is -1.80. The lowest BCUT2D eigenvalue weighted by molar-refractivity contribution is 0.0942. The fourth-order valence-electron chi connectivity index (χ4n) is 1.31. The van der Waals surface area contributed by atoms with Gasteiger partial charge in [0.15, 0.2) is 5.82 Å². The van der Waals surface area contributed by atoms with Gasteiger partial charge >= 0.3 is 0 Å². The van der Waals surface area contributed by atoms with Crippen molar-refractivity contribution in [2.75, 3.05) is 6.54 Å². The van der Waals surface area contributed by atoms with Crippen LogP contribution in [0.1, 0.15) is 27.2 Å². The maximum atomic E-state index is 11.8. The lowest BCUT2D eigenvalue weighted by atomic mass is 10.4. The quantitative estimate of drug-likeness (QED) is 0.805. The van der Waals surface area contributed by atoms with E-state index in [1.807, 2.05) is 0 Å². The van der Waals surface area contributed by atoms with Gasteiger partial charge in [0.1, 0.15) is 5.69 Å². The molecule has 7 nitrogen and oxygen atoms in total. The topological polar surface area (TPSA) is 107 Å². The van der Waals surface area contributed by atoms with Gasteiger partial charge < -0.3 is 15.6 Å². The number of nitrogens with two attached hydrogens (primary N) is 1. The van der Waals surface area contributed by atoms with Crippen LogP contribution >= 0.6 is 11.3 Å². The molecule has 0 aliphatic carbocycles. The van der Waals surface area contributed by atoms with Gasteiger partial charge in [-0.2, -0.15) is 4.98 Å². The molecule has 0 aliphatic rings. The van der Waals surface area contributed by atoms with Gasteiger partial charge in [-0.15, -0.1) is 11.3 Å². The van der Waals surface area contributed by atoms with Crippen LogP contribution in [-0.2, 0) is 13.0 Å². The molecule has 0 atom stereocenters. The Kier molecular flexibility index (Phi) is 4.00. The maximum absolute atomic E-state index is 11.8. The minimum Gasteiger partial charge on any atom is -0.342 e. The fraction of sp³-hybridized carbons (Fsp3) is 0.400. The Morgan fingerprint density at radius 2 is 2.39 bits per heavy atom.